The number of piperidine rings is 1. The van der Waals surface area contributed by atoms with Crippen molar-refractivity contribution in [3.05, 3.63) is 69.0 Å². The van der Waals surface area contributed by atoms with Crippen LogP contribution in [-0.4, -0.2) is 40.4 Å². The molecule has 2 amide bonds. The first-order chi connectivity index (χ1) is 16.2. The predicted molar refractivity (Wildman–Crippen MR) is 131 cm³/mol. The zero-order valence-corrected chi connectivity index (χ0v) is 21.0. The standard InChI is InChI=1S/C25H28ClN3O4S/c1-16-8-9-18(32-16)14-27-22(30)20-15-34-23(28-20)17-10-12-29(13-11-17)24(31)25(2,3)33-21-7-5-4-6-19(21)26/h4-9,15,17H,10-14H2,1-3H3,(H,27,30). The van der Waals surface area contributed by atoms with Crippen LogP contribution in [-0.2, 0) is 11.3 Å². The second kappa shape index (κ2) is 10.2. The lowest BCUT2D eigenvalue weighted by Gasteiger charge is -2.36. The molecule has 1 aromatic carbocycles. The molecule has 0 radical (unpaired) electrons. The lowest BCUT2D eigenvalue weighted by Crippen LogP contribution is -2.51. The normalized spacial score (nSPS) is 14.8. The van der Waals surface area contributed by atoms with Crippen molar-refractivity contribution in [3.8, 4) is 5.75 Å². The van der Waals surface area contributed by atoms with Gasteiger partial charge in [0.2, 0.25) is 0 Å². The Morgan fingerprint density at radius 3 is 2.65 bits per heavy atom. The first-order valence-electron chi connectivity index (χ1n) is 11.2. The van der Waals surface area contributed by atoms with Crippen molar-refractivity contribution in [3.63, 3.8) is 0 Å². The Hall–Kier alpha value is -2.84. The summed E-state index contributed by atoms with van der Waals surface area (Å²) in [5, 5.41) is 6.04. The molecule has 2 aromatic heterocycles. The number of carbonyl (C=O) groups excluding carboxylic acids is 2. The van der Waals surface area contributed by atoms with Crippen LogP contribution in [0.4, 0.5) is 0 Å². The maximum absolute atomic E-state index is 13.1. The molecule has 1 aliphatic rings. The molecule has 1 fully saturated rings. The summed E-state index contributed by atoms with van der Waals surface area (Å²) in [7, 11) is 0. The molecular weight excluding hydrogens is 474 g/mol. The van der Waals surface area contributed by atoms with E-state index in [4.69, 9.17) is 20.8 Å². The maximum atomic E-state index is 13.1. The largest absolute Gasteiger partial charge is 0.476 e. The smallest absolute Gasteiger partial charge is 0.271 e. The van der Waals surface area contributed by atoms with Gasteiger partial charge < -0.3 is 19.4 Å². The minimum Gasteiger partial charge on any atom is -0.476 e. The van der Waals surface area contributed by atoms with Crippen molar-refractivity contribution in [2.75, 3.05) is 13.1 Å². The quantitative estimate of drug-likeness (QED) is 0.481. The highest BCUT2D eigenvalue weighted by atomic mass is 35.5. The van der Waals surface area contributed by atoms with Gasteiger partial charge in [-0.1, -0.05) is 23.7 Å². The molecule has 0 bridgehead atoms. The summed E-state index contributed by atoms with van der Waals surface area (Å²) in [6, 6.07) is 10.9. The third-order valence-corrected chi connectivity index (χ3v) is 7.14. The fourth-order valence-corrected chi connectivity index (χ4v) is 5.12. The van der Waals surface area contributed by atoms with E-state index in [9.17, 15) is 9.59 Å². The molecule has 9 heteroatoms. The van der Waals surface area contributed by atoms with Crippen LogP contribution in [0.1, 0.15) is 59.6 Å². The summed E-state index contributed by atoms with van der Waals surface area (Å²) in [6.07, 6.45) is 1.57. The number of carbonyl (C=O) groups is 2. The van der Waals surface area contributed by atoms with Crippen LogP contribution in [0.5, 0.6) is 5.75 Å². The number of para-hydroxylation sites is 1. The minimum absolute atomic E-state index is 0.0711. The summed E-state index contributed by atoms with van der Waals surface area (Å²) < 4.78 is 11.4. The Labute approximate surface area is 208 Å². The number of ether oxygens (including phenoxy) is 1. The summed E-state index contributed by atoms with van der Waals surface area (Å²) >= 11 is 7.69. The van der Waals surface area contributed by atoms with Gasteiger partial charge in [-0.15, -0.1) is 11.3 Å². The number of hydrogen-bond acceptors (Lipinski definition) is 6. The molecule has 34 heavy (non-hydrogen) atoms. The van der Waals surface area contributed by atoms with Gasteiger partial charge in [-0.25, -0.2) is 4.98 Å². The predicted octanol–water partition coefficient (Wildman–Crippen LogP) is 5.19. The number of hydrogen-bond donors (Lipinski definition) is 1. The second-order valence-corrected chi connectivity index (χ2v) is 10.2. The van der Waals surface area contributed by atoms with E-state index in [0.29, 0.717) is 41.9 Å². The average Bonchev–Trinajstić information content (AvgIpc) is 3.48. The van der Waals surface area contributed by atoms with E-state index in [-0.39, 0.29) is 17.7 Å². The SMILES string of the molecule is Cc1ccc(CNC(=O)c2csc(C3CCN(C(=O)C(C)(C)Oc4ccccc4Cl)CC3)n2)o1. The molecule has 4 rings (SSSR count). The minimum atomic E-state index is -1.03. The molecular formula is C25H28ClN3O4S. The van der Waals surface area contributed by atoms with Crippen molar-refractivity contribution >= 4 is 34.8 Å². The van der Waals surface area contributed by atoms with E-state index in [1.807, 2.05) is 36.1 Å². The maximum Gasteiger partial charge on any atom is 0.271 e. The van der Waals surface area contributed by atoms with Gasteiger partial charge in [0.05, 0.1) is 16.6 Å². The van der Waals surface area contributed by atoms with E-state index < -0.39 is 5.60 Å². The van der Waals surface area contributed by atoms with Crippen LogP contribution < -0.4 is 10.1 Å². The summed E-state index contributed by atoms with van der Waals surface area (Å²) in [5.41, 5.74) is -0.618. The summed E-state index contributed by atoms with van der Waals surface area (Å²) in [6.45, 7) is 6.94. The number of benzene rings is 1. The highest BCUT2D eigenvalue weighted by molar-refractivity contribution is 7.09. The van der Waals surface area contributed by atoms with E-state index >= 15 is 0 Å². The van der Waals surface area contributed by atoms with Gasteiger partial charge in [-0.2, -0.15) is 0 Å². The van der Waals surface area contributed by atoms with Crippen LogP contribution in [0.3, 0.4) is 0 Å². The molecule has 1 N–H and O–H groups in total. The van der Waals surface area contributed by atoms with Crippen molar-refractivity contribution in [2.45, 2.75) is 51.7 Å². The average molecular weight is 502 g/mol. The zero-order valence-electron chi connectivity index (χ0n) is 19.5. The third-order valence-electron chi connectivity index (χ3n) is 5.82. The zero-order chi connectivity index (χ0) is 24.3. The molecule has 1 aliphatic heterocycles. The van der Waals surface area contributed by atoms with E-state index in [1.165, 1.54) is 11.3 Å². The van der Waals surface area contributed by atoms with Gasteiger partial charge in [0.25, 0.3) is 11.8 Å². The Bertz CT molecular complexity index is 1160. The molecule has 3 heterocycles. The van der Waals surface area contributed by atoms with Crippen LogP contribution in [0.25, 0.3) is 0 Å². The Morgan fingerprint density at radius 1 is 1.24 bits per heavy atom. The van der Waals surface area contributed by atoms with Crippen LogP contribution in [0.2, 0.25) is 5.02 Å². The number of halogens is 1. The van der Waals surface area contributed by atoms with Crippen LogP contribution >= 0.6 is 22.9 Å². The third kappa shape index (κ3) is 5.62. The number of furan rings is 1. The van der Waals surface area contributed by atoms with Crippen LogP contribution in [0.15, 0.2) is 46.2 Å². The number of nitrogens with zero attached hydrogens (tertiary/aromatic N) is 2. The molecule has 0 saturated carbocycles. The topological polar surface area (TPSA) is 84.7 Å². The molecule has 0 unspecified atom stereocenters. The second-order valence-electron chi connectivity index (χ2n) is 8.88. The number of nitrogens with one attached hydrogen (secondary N) is 1. The van der Waals surface area contributed by atoms with Gasteiger partial charge >= 0.3 is 0 Å². The lowest BCUT2D eigenvalue weighted by atomic mass is 9.96. The highest BCUT2D eigenvalue weighted by Gasteiger charge is 2.37. The van der Waals surface area contributed by atoms with Crippen molar-refractivity contribution < 1.29 is 18.7 Å². The number of aryl methyl sites for hydroxylation is 1. The first-order valence-corrected chi connectivity index (χ1v) is 12.5. The van der Waals surface area contributed by atoms with Gasteiger partial charge in [-0.05, 0) is 57.9 Å². The summed E-state index contributed by atoms with van der Waals surface area (Å²) in [5.74, 6) is 1.94. The fraction of sp³-hybridized carbons (Fsp3) is 0.400. The number of rotatable bonds is 7. The van der Waals surface area contributed by atoms with Crippen LogP contribution in [0, 0.1) is 6.92 Å². The Balaban J connectivity index is 1.30. The Kier molecular flexibility index (Phi) is 7.28. The van der Waals surface area contributed by atoms with E-state index in [0.717, 1.165) is 23.6 Å². The molecule has 7 nitrogen and oxygen atoms in total. The molecule has 0 spiro atoms. The van der Waals surface area contributed by atoms with Gasteiger partial charge in [-0.3, -0.25) is 9.59 Å². The van der Waals surface area contributed by atoms with Crippen molar-refractivity contribution in [2.24, 2.45) is 0 Å². The number of likely N-dealkylation sites (tertiary alicyclic amines) is 1. The van der Waals surface area contributed by atoms with Crippen molar-refractivity contribution in [1.29, 1.82) is 0 Å². The molecule has 1 saturated heterocycles. The fourth-order valence-electron chi connectivity index (χ4n) is 3.97. The van der Waals surface area contributed by atoms with E-state index in [1.54, 1.807) is 31.4 Å². The van der Waals surface area contributed by atoms with Gasteiger partial charge in [0.1, 0.15) is 23.0 Å². The molecule has 3 aromatic rings. The van der Waals surface area contributed by atoms with Gasteiger partial charge in [0, 0.05) is 24.4 Å². The number of thiazole rings is 1. The van der Waals surface area contributed by atoms with E-state index in [2.05, 4.69) is 10.3 Å². The number of amides is 2. The Morgan fingerprint density at radius 2 is 1.97 bits per heavy atom. The highest BCUT2D eigenvalue weighted by Crippen LogP contribution is 2.33. The lowest BCUT2D eigenvalue weighted by molar-refractivity contribution is -0.146. The molecule has 180 valence electrons. The molecule has 0 aliphatic carbocycles. The molecule has 0 atom stereocenters. The van der Waals surface area contributed by atoms with Crippen molar-refractivity contribution in [1.82, 2.24) is 15.2 Å². The summed E-state index contributed by atoms with van der Waals surface area (Å²) in [4.78, 5) is 32.0. The van der Waals surface area contributed by atoms with Gasteiger partial charge in [0.15, 0.2) is 5.60 Å². The monoisotopic (exact) mass is 501 g/mol. The number of aromatic nitrogens is 1. The first kappa shape index (κ1) is 24.3.